The van der Waals surface area contributed by atoms with E-state index >= 15 is 0 Å². The van der Waals surface area contributed by atoms with Crippen LogP contribution in [0.15, 0.2) is 31.1 Å². The molecular weight excluding hydrogens is 166 g/mol. The number of nitrogens with one attached hydrogen (secondary N) is 1. The zero-order valence-electron chi connectivity index (χ0n) is 7.18. The quantitative estimate of drug-likeness (QED) is 0.738. The maximum atomic E-state index is 4.11. The molecule has 0 aliphatic carbocycles. The Balaban J connectivity index is 2.20. The van der Waals surface area contributed by atoms with Gasteiger partial charge >= 0.3 is 0 Å². The molecule has 13 heavy (non-hydrogen) atoms. The third-order valence-corrected chi connectivity index (χ3v) is 1.64. The predicted molar refractivity (Wildman–Crippen MR) is 48.5 cm³/mol. The van der Waals surface area contributed by atoms with Gasteiger partial charge < -0.3 is 9.88 Å². The highest BCUT2D eigenvalue weighted by Crippen LogP contribution is 2.10. The summed E-state index contributed by atoms with van der Waals surface area (Å²) in [7, 11) is 1.92. The molecule has 0 aromatic carbocycles. The van der Waals surface area contributed by atoms with Gasteiger partial charge in [0.25, 0.3) is 0 Å². The lowest BCUT2D eigenvalue weighted by molar-refractivity contribution is 0.923. The van der Waals surface area contributed by atoms with Crippen LogP contribution in [-0.2, 0) is 7.05 Å². The van der Waals surface area contributed by atoms with E-state index in [1.807, 2.05) is 17.8 Å². The van der Waals surface area contributed by atoms with Gasteiger partial charge in [-0.3, -0.25) is 0 Å². The first kappa shape index (κ1) is 7.72. The highest BCUT2D eigenvalue weighted by Gasteiger charge is 1.98. The molecule has 66 valence electrons. The van der Waals surface area contributed by atoms with E-state index in [0.29, 0.717) is 0 Å². The second kappa shape index (κ2) is 3.22. The number of nitrogens with zero attached hydrogens (tertiary/aromatic N) is 4. The number of hydrogen-bond donors (Lipinski definition) is 1. The molecule has 2 heterocycles. The molecule has 0 fully saturated rings. The van der Waals surface area contributed by atoms with Crippen LogP contribution in [0.2, 0.25) is 0 Å². The Morgan fingerprint density at radius 3 is 2.69 bits per heavy atom. The molecule has 0 bridgehead atoms. The van der Waals surface area contributed by atoms with Crippen LogP contribution in [0.5, 0.6) is 0 Å². The Morgan fingerprint density at radius 2 is 2.08 bits per heavy atom. The number of anilines is 2. The smallest absolute Gasteiger partial charge is 0.207 e. The van der Waals surface area contributed by atoms with E-state index in [1.165, 1.54) is 6.33 Å². The second-order valence-corrected chi connectivity index (χ2v) is 2.61. The van der Waals surface area contributed by atoms with Crippen molar-refractivity contribution in [2.24, 2.45) is 7.05 Å². The molecule has 2 aromatic heterocycles. The Morgan fingerprint density at radius 1 is 1.31 bits per heavy atom. The molecule has 5 heteroatoms. The van der Waals surface area contributed by atoms with Crippen molar-refractivity contribution in [1.29, 1.82) is 0 Å². The molecule has 0 saturated heterocycles. The lowest BCUT2D eigenvalue weighted by Crippen LogP contribution is -1.98. The number of aryl methyl sites for hydroxylation is 1. The van der Waals surface area contributed by atoms with E-state index in [0.717, 1.165) is 11.6 Å². The average Bonchev–Trinajstić information content (AvgIpc) is 2.54. The maximum Gasteiger partial charge on any atom is 0.207 e. The Bertz CT molecular complexity index is 380. The van der Waals surface area contributed by atoms with Gasteiger partial charge in [0.05, 0.1) is 18.1 Å². The molecule has 2 rings (SSSR count). The lowest BCUT2D eigenvalue weighted by Gasteiger charge is -2.03. The van der Waals surface area contributed by atoms with Crippen LogP contribution in [0.1, 0.15) is 0 Å². The second-order valence-electron chi connectivity index (χ2n) is 2.61. The van der Waals surface area contributed by atoms with E-state index in [9.17, 15) is 0 Å². The van der Waals surface area contributed by atoms with Gasteiger partial charge in [0, 0.05) is 19.4 Å². The summed E-state index contributed by atoms with van der Waals surface area (Å²) < 4.78 is 1.88. The fraction of sp³-hybridized carbons (Fsp3) is 0.125. The van der Waals surface area contributed by atoms with Crippen LogP contribution in [0.25, 0.3) is 0 Å². The fourth-order valence-electron chi connectivity index (χ4n) is 0.979. The van der Waals surface area contributed by atoms with Gasteiger partial charge in [0.1, 0.15) is 6.33 Å². The van der Waals surface area contributed by atoms with Crippen molar-refractivity contribution >= 4 is 11.6 Å². The van der Waals surface area contributed by atoms with Crippen LogP contribution in [0, 0.1) is 0 Å². The van der Waals surface area contributed by atoms with E-state index in [-0.39, 0.29) is 0 Å². The molecule has 0 aliphatic heterocycles. The molecule has 0 aliphatic rings. The first-order valence-corrected chi connectivity index (χ1v) is 3.85. The molecule has 5 nitrogen and oxygen atoms in total. The zero-order chi connectivity index (χ0) is 9.10. The van der Waals surface area contributed by atoms with Crippen LogP contribution in [0.3, 0.4) is 0 Å². The first-order valence-electron chi connectivity index (χ1n) is 3.85. The summed E-state index contributed by atoms with van der Waals surface area (Å²) in [6, 6.07) is 0. The highest BCUT2D eigenvalue weighted by molar-refractivity contribution is 5.49. The largest absolute Gasteiger partial charge is 0.323 e. The zero-order valence-corrected chi connectivity index (χ0v) is 7.18. The molecule has 0 spiro atoms. The Labute approximate surface area is 75.5 Å². The van der Waals surface area contributed by atoms with Gasteiger partial charge in [-0.05, 0) is 0 Å². The first-order chi connectivity index (χ1) is 6.36. The summed E-state index contributed by atoms with van der Waals surface area (Å²) in [6.07, 6.45) is 8.48. The van der Waals surface area contributed by atoms with Crippen molar-refractivity contribution in [2.75, 3.05) is 5.32 Å². The van der Waals surface area contributed by atoms with Gasteiger partial charge in [-0.1, -0.05) is 0 Å². The van der Waals surface area contributed by atoms with Crippen molar-refractivity contribution in [2.45, 2.75) is 0 Å². The van der Waals surface area contributed by atoms with Crippen LogP contribution < -0.4 is 5.32 Å². The van der Waals surface area contributed by atoms with Gasteiger partial charge in [0.2, 0.25) is 5.95 Å². The summed E-state index contributed by atoms with van der Waals surface area (Å²) in [5.74, 6) is 0.773. The summed E-state index contributed by atoms with van der Waals surface area (Å²) in [5, 5.41) is 3.08. The molecule has 1 N–H and O–H groups in total. The minimum Gasteiger partial charge on any atom is -0.323 e. The van der Waals surface area contributed by atoms with E-state index in [2.05, 4.69) is 20.3 Å². The third-order valence-electron chi connectivity index (χ3n) is 1.64. The van der Waals surface area contributed by atoms with Crippen molar-refractivity contribution in [3.8, 4) is 0 Å². The SMILES string of the molecule is Cn1ccnc1Nc1cncnc1. The molecule has 0 radical (unpaired) electrons. The van der Waals surface area contributed by atoms with Gasteiger partial charge in [-0.15, -0.1) is 0 Å². The summed E-state index contributed by atoms with van der Waals surface area (Å²) in [6.45, 7) is 0. The Hall–Kier alpha value is -1.91. The van der Waals surface area contributed by atoms with E-state index in [1.54, 1.807) is 18.6 Å². The number of imidazole rings is 1. The standard InChI is InChI=1S/C8H9N5/c1-13-3-2-11-8(13)12-7-4-9-6-10-5-7/h2-6H,1H3,(H,11,12). The van der Waals surface area contributed by atoms with E-state index < -0.39 is 0 Å². The minimum atomic E-state index is 0.773. The van der Waals surface area contributed by atoms with Crippen LogP contribution in [0.4, 0.5) is 11.6 Å². The molecule has 2 aromatic rings. The molecular formula is C8H9N5. The average molecular weight is 175 g/mol. The van der Waals surface area contributed by atoms with Gasteiger partial charge in [-0.2, -0.15) is 0 Å². The number of hydrogen-bond acceptors (Lipinski definition) is 4. The topological polar surface area (TPSA) is 55.6 Å². The minimum absolute atomic E-state index is 0.773. The normalized spacial score (nSPS) is 9.92. The Kier molecular flexibility index (Phi) is 1.91. The maximum absolute atomic E-state index is 4.11. The highest BCUT2D eigenvalue weighted by atomic mass is 15.2. The monoisotopic (exact) mass is 175 g/mol. The summed E-state index contributed by atoms with van der Waals surface area (Å²) in [5.41, 5.74) is 0.830. The van der Waals surface area contributed by atoms with Crippen molar-refractivity contribution in [3.05, 3.63) is 31.1 Å². The predicted octanol–water partition coefficient (Wildman–Crippen LogP) is 0.954. The van der Waals surface area contributed by atoms with Crippen LogP contribution in [-0.4, -0.2) is 19.5 Å². The molecule has 0 saturated carbocycles. The molecule has 0 unspecified atom stereocenters. The van der Waals surface area contributed by atoms with Gasteiger partial charge in [-0.25, -0.2) is 15.0 Å². The van der Waals surface area contributed by atoms with Crippen molar-refractivity contribution in [3.63, 3.8) is 0 Å². The number of rotatable bonds is 2. The fourth-order valence-corrected chi connectivity index (χ4v) is 0.979. The summed E-state index contributed by atoms with van der Waals surface area (Å²) in [4.78, 5) is 11.9. The van der Waals surface area contributed by atoms with Crippen LogP contribution >= 0.6 is 0 Å². The summed E-state index contributed by atoms with van der Waals surface area (Å²) >= 11 is 0. The molecule has 0 amide bonds. The van der Waals surface area contributed by atoms with Gasteiger partial charge in [0.15, 0.2) is 0 Å². The number of aromatic nitrogens is 4. The van der Waals surface area contributed by atoms with Crippen molar-refractivity contribution in [1.82, 2.24) is 19.5 Å². The third kappa shape index (κ3) is 1.64. The lowest BCUT2D eigenvalue weighted by atomic mass is 10.5. The van der Waals surface area contributed by atoms with Crippen molar-refractivity contribution < 1.29 is 0 Å². The van der Waals surface area contributed by atoms with E-state index in [4.69, 9.17) is 0 Å². The molecule has 0 atom stereocenters.